The van der Waals surface area contributed by atoms with Crippen molar-refractivity contribution >= 4 is 0 Å². The summed E-state index contributed by atoms with van der Waals surface area (Å²) >= 11 is 0. The second-order valence-electron chi connectivity index (χ2n) is 5.81. The Kier molecular flexibility index (Phi) is 2.18. The van der Waals surface area contributed by atoms with Gasteiger partial charge in [0, 0.05) is 0 Å². The Morgan fingerprint density at radius 2 is 1.85 bits per heavy atom. The zero-order valence-corrected chi connectivity index (χ0v) is 8.97. The number of hydrogen-bond acceptors (Lipinski definition) is 1. The van der Waals surface area contributed by atoms with Crippen molar-refractivity contribution in [3.63, 3.8) is 0 Å². The van der Waals surface area contributed by atoms with Crippen LogP contribution < -0.4 is 0 Å². The van der Waals surface area contributed by atoms with Gasteiger partial charge in [0.15, 0.2) is 0 Å². The van der Waals surface area contributed by atoms with Gasteiger partial charge in [0.05, 0.1) is 5.60 Å². The van der Waals surface area contributed by atoms with E-state index in [1.807, 2.05) is 6.92 Å². The molecule has 0 radical (unpaired) electrons. The molecule has 1 N–H and O–H groups in total. The minimum absolute atomic E-state index is 0.372. The Bertz CT molecular complexity index is 197. The summed E-state index contributed by atoms with van der Waals surface area (Å²) in [7, 11) is 0. The lowest BCUT2D eigenvalue weighted by atomic mass is 9.57. The van der Waals surface area contributed by atoms with E-state index in [-0.39, 0.29) is 5.60 Å². The molecule has 2 aliphatic carbocycles. The van der Waals surface area contributed by atoms with Crippen LogP contribution in [0.15, 0.2) is 0 Å². The maximum Gasteiger partial charge on any atom is 0.0625 e. The van der Waals surface area contributed by atoms with Gasteiger partial charge >= 0.3 is 0 Å². The van der Waals surface area contributed by atoms with Gasteiger partial charge in [-0.3, -0.25) is 0 Å². The van der Waals surface area contributed by atoms with Gasteiger partial charge in [-0.15, -0.1) is 0 Å². The van der Waals surface area contributed by atoms with Crippen LogP contribution in [0.3, 0.4) is 0 Å². The zero-order valence-electron chi connectivity index (χ0n) is 8.97. The van der Waals surface area contributed by atoms with Crippen molar-refractivity contribution in [3.05, 3.63) is 0 Å². The van der Waals surface area contributed by atoms with E-state index in [9.17, 15) is 5.11 Å². The largest absolute Gasteiger partial charge is 0.390 e. The molecule has 0 bridgehead atoms. The molecule has 13 heavy (non-hydrogen) atoms. The second kappa shape index (κ2) is 2.98. The van der Waals surface area contributed by atoms with E-state index >= 15 is 0 Å². The van der Waals surface area contributed by atoms with E-state index in [1.54, 1.807) is 0 Å². The van der Waals surface area contributed by atoms with Crippen molar-refractivity contribution in [2.24, 2.45) is 11.3 Å². The summed E-state index contributed by atoms with van der Waals surface area (Å²) in [6.07, 6.45) is 8.85. The smallest absolute Gasteiger partial charge is 0.0625 e. The third kappa shape index (κ3) is 1.76. The molecule has 2 saturated carbocycles. The average molecular weight is 182 g/mol. The van der Waals surface area contributed by atoms with Crippen LogP contribution in [0.5, 0.6) is 0 Å². The maximum atomic E-state index is 10.1. The predicted octanol–water partition coefficient (Wildman–Crippen LogP) is 3.12. The van der Waals surface area contributed by atoms with Crippen LogP contribution in [-0.4, -0.2) is 10.7 Å². The third-order valence-corrected chi connectivity index (χ3v) is 4.35. The highest BCUT2D eigenvalue weighted by Gasteiger charge is 2.45. The summed E-state index contributed by atoms with van der Waals surface area (Å²) in [4.78, 5) is 0. The topological polar surface area (TPSA) is 20.2 Å². The van der Waals surface area contributed by atoms with Gasteiger partial charge in [-0.2, -0.15) is 0 Å². The van der Waals surface area contributed by atoms with Gasteiger partial charge in [-0.05, 0) is 50.4 Å². The van der Waals surface area contributed by atoms with Crippen LogP contribution in [-0.2, 0) is 0 Å². The summed E-state index contributed by atoms with van der Waals surface area (Å²) in [6.45, 7) is 4.41. The van der Waals surface area contributed by atoms with E-state index < -0.39 is 0 Å². The van der Waals surface area contributed by atoms with Crippen LogP contribution in [0.4, 0.5) is 0 Å². The van der Waals surface area contributed by atoms with Gasteiger partial charge in [0.25, 0.3) is 0 Å². The highest BCUT2D eigenvalue weighted by atomic mass is 16.3. The van der Waals surface area contributed by atoms with Crippen LogP contribution >= 0.6 is 0 Å². The average Bonchev–Trinajstić information content (AvgIpc) is 2.00. The molecule has 1 nitrogen and oxygen atoms in total. The fourth-order valence-corrected chi connectivity index (χ4v) is 3.64. The van der Waals surface area contributed by atoms with Crippen molar-refractivity contribution in [2.75, 3.05) is 0 Å². The van der Waals surface area contributed by atoms with E-state index in [0.717, 1.165) is 18.8 Å². The number of rotatable bonds is 0. The van der Waals surface area contributed by atoms with Gasteiger partial charge in [0.2, 0.25) is 0 Å². The summed E-state index contributed by atoms with van der Waals surface area (Å²) < 4.78 is 0. The molecule has 0 aromatic rings. The molecule has 0 saturated heterocycles. The first-order valence-electron chi connectivity index (χ1n) is 5.74. The Morgan fingerprint density at radius 1 is 1.08 bits per heavy atom. The van der Waals surface area contributed by atoms with Crippen molar-refractivity contribution in [1.82, 2.24) is 0 Å². The third-order valence-electron chi connectivity index (χ3n) is 4.35. The van der Waals surface area contributed by atoms with E-state index in [1.165, 1.54) is 32.1 Å². The van der Waals surface area contributed by atoms with Crippen LogP contribution in [0.2, 0.25) is 0 Å². The summed E-state index contributed by atoms with van der Waals surface area (Å²) in [5, 5.41) is 10.1. The van der Waals surface area contributed by atoms with Gasteiger partial charge in [-0.1, -0.05) is 19.8 Å². The molecule has 2 rings (SSSR count). The van der Waals surface area contributed by atoms with Gasteiger partial charge in [-0.25, -0.2) is 0 Å². The highest BCUT2D eigenvalue weighted by molar-refractivity contribution is 4.96. The molecule has 0 aromatic heterocycles. The van der Waals surface area contributed by atoms with Crippen LogP contribution in [0.25, 0.3) is 0 Å². The minimum Gasteiger partial charge on any atom is -0.390 e. The number of hydrogen-bond donors (Lipinski definition) is 1. The first-order chi connectivity index (χ1) is 6.02. The summed E-state index contributed by atoms with van der Waals surface area (Å²) in [5.41, 5.74) is 0.0859. The molecule has 2 aliphatic rings. The highest BCUT2D eigenvalue weighted by Crippen LogP contribution is 2.52. The van der Waals surface area contributed by atoms with Crippen molar-refractivity contribution in [2.45, 2.75) is 64.4 Å². The minimum atomic E-state index is -0.372. The molecular formula is C12H22O. The van der Waals surface area contributed by atoms with E-state index in [0.29, 0.717) is 5.41 Å². The lowest BCUT2D eigenvalue weighted by Gasteiger charge is -2.50. The lowest BCUT2D eigenvalue weighted by molar-refractivity contribution is -0.0741. The Balaban J connectivity index is 2.12. The molecule has 76 valence electrons. The molecule has 0 aliphatic heterocycles. The number of fused-ring (bicyclic) bond motifs is 1. The predicted molar refractivity (Wildman–Crippen MR) is 54.5 cm³/mol. The van der Waals surface area contributed by atoms with Crippen molar-refractivity contribution in [1.29, 1.82) is 0 Å². The van der Waals surface area contributed by atoms with Gasteiger partial charge in [0.1, 0.15) is 0 Å². The van der Waals surface area contributed by atoms with E-state index in [2.05, 4.69) is 6.92 Å². The molecule has 1 heteroatoms. The van der Waals surface area contributed by atoms with E-state index in [4.69, 9.17) is 0 Å². The molecular weight excluding hydrogens is 160 g/mol. The fraction of sp³-hybridized carbons (Fsp3) is 1.00. The molecule has 0 spiro atoms. The molecule has 0 aromatic carbocycles. The standard InChI is InChI=1S/C12H22O/c1-11-7-4-3-5-10(11)6-8-12(2,13)9-11/h10,13H,3-9H2,1-2H3/t10-,11-,12-/m0/s1. The molecule has 2 fully saturated rings. The molecule has 0 amide bonds. The first kappa shape index (κ1) is 9.51. The van der Waals surface area contributed by atoms with Crippen LogP contribution in [0.1, 0.15) is 58.8 Å². The van der Waals surface area contributed by atoms with Crippen molar-refractivity contribution < 1.29 is 5.11 Å². The Hall–Kier alpha value is -0.0400. The lowest BCUT2D eigenvalue weighted by Crippen LogP contribution is -2.44. The maximum absolute atomic E-state index is 10.1. The summed E-state index contributed by atoms with van der Waals surface area (Å²) in [5.74, 6) is 0.904. The molecule has 0 unspecified atom stereocenters. The summed E-state index contributed by atoms with van der Waals surface area (Å²) in [6, 6.07) is 0. The van der Waals surface area contributed by atoms with Crippen LogP contribution in [0, 0.1) is 11.3 Å². The Morgan fingerprint density at radius 3 is 2.62 bits per heavy atom. The quantitative estimate of drug-likeness (QED) is 0.610. The van der Waals surface area contributed by atoms with Gasteiger partial charge < -0.3 is 5.11 Å². The first-order valence-corrected chi connectivity index (χ1v) is 5.74. The second-order valence-corrected chi connectivity index (χ2v) is 5.81. The zero-order chi connectivity index (χ0) is 9.53. The SMILES string of the molecule is C[C@]1(O)CC[C@@H]2CCCC[C@@]2(C)C1. The normalized spacial score (nSPS) is 51.5. The molecule has 0 heterocycles. The fourth-order valence-electron chi connectivity index (χ4n) is 3.64. The van der Waals surface area contributed by atoms with Crippen molar-refractivity contribution in [3.8, 4) is 0 Å². The number of aliphatic hydroxyl groups is 1. The Labute approximate surface area is 81.5 Å². The monoisotopic (exact) mass is 182 g/mol. The molecule has 3 atom stereocenters.